The molecule has 1 aromatic heterocycles. The molecule has 4 nitrogen and oxygen atoms in total. The topological polar surface area (TPSA) is 56.5 Å². The van der Waals surface area contributed by atoms with Gasteiger partial charge < -0.3 is 9.15 Å². The van der Waals surface area contributed by atoms with Gasteiger partial charge in [0.25, 0.3) is 0 Å². The van der Waals surface area contributed by atoms with E-state index in [1.165, 1.54) is 0 Å². The standard InChI is InChI=1S/C22H22O4/c1-3-8-18-21(15-10-6-5-7-11-15)22(24)17-13-12-16(14-19(17)26-18)25-20(23)9-4-2/h5-7,10-14H,3-4,8-9H2,1-2H3. The van der Waals surface area contributed by atoms with E-state index in [1.54, 1.807) is 18.2 Å². The van der Waals surface area contributed by atoms with Gasteiger partial charge in [0.05, 0.1) is 10.9 Å². The van der Waals surface area contributed by atoms with Crippen LogP contribution >= 0.6 is 0 Å². The van der Waals surface area contributed by atoms with E-state index in [1.807, 2.05) is 44.2 Å². The van der Waals surface area contributed by atoms with E-state index < -0.39 is 0 Å². The smallest absolute Gasteiger partial charge is 0.311 e. The highest BCUT2D eigenvalue weighted by atomic mass is 16.5. The molecule has 0 aliphatic carbocycles. The third-order valence-electron chi connectivity index (χ3n) is 4.16. The van der Waals surface area contributed by atoms with Gasteiger partial charge >= 0.3 is 5.97 Å². The molecule has 0 saturated heterocycles. The molecule has 2 aromatic carbocycles. The summed E-state index contributed by atoms with van der Waals surface area (Å²) in [6, 6.07) is 14.5. The molecule has 134 valence electrons. The highest BCUT2D eigenvalue weighted by Gasteiger charge is 2.16. The maximum absolute atomic E-state index is 13.1. The molecular formula is C22H22O4. The number of fused-ring (bicyclic) bond motifs is 1. The van der Waals surface area contributed by atoms with Gasteiger partial charge in [0.1, 0.15) is 17.1 Å². The molecular weight excluding hydrogens is 328 g/mol. The van der Waals surface area contributed by atoms with Crippen molar-refractivity contribution in [3.63, 3.8) is 0 Å². The van der Waals surface area contributed by atoms with Crippen molar-refractivity contribution < 1.29 is 13.9 Å². The lowest BCUT2D eigenvalue weighted by molar-refractivity contribution is -0.134. The number of carbonyl (C=O) groups excluding carboxylic acids is 1. The summed E-state index contributed by atoms with van der Waals surface area (Å²) in [6.07, 6.45) is 2.60. The first-order valence-corrected chi connectivity index (χ1v) is 8.99. The number of ether oxygens (including phenoxy) is 1. The molecule has 1 heterocycles. The predicted molar refractivity (Wildman–Crippen MR) is 102 cm³/mol. The van der Waals surface area contributed by atoms with Crippen LogP contribution < -0.4 is 10.2 Å². The van der Waals surface area contributed by atoms with Crippen LogP contribution in [0.3, 0.4) is 0 Å². The minimum atomic E-state index is -0.288. The second-order valence-electron chi connectivity index (χ2n) is 6.23. The first kappa shape index (κ1) is 17.9. The summed E-state index contributed by atoms with van der Waals surface area (Å²) in [5, 5.41) is 0.485. The first-order chi connectivity index (χ1) is 12.6. The fraction of sp³-hybridized carbons (Fsp3) is 0.273. The van der Waals surface area contributed by atoms with E-state index in [-0.39, 0.29) is 11.4 Å². The Hall–Kier alpha value is -2.88. The van der Waals surface area contributed by atoms with E-state index >= 15 is 0 Å². The van der Waals surface area contributed by atoms with Crippen LogP contribution in [0.15, 0.2) is 57.7 Å². The molecule has 0 amide bonds. The van der Waals surface area contributed by atoms with Gasteiger partial charge in [-0.1, -0.05) is 44.2 Å². The van der Waals surface area contributed by atoms with Crippen LogP contribution in [0, 0.1) is 0 Å². The van der Waals surface area contributed by atoms with Crippen molar-refractivity contribution in [1.29, 1.82) is 0 Å². The normalized spacial score (nSPS) is 10.8. The Morgan fingerprint density at radius 2 is 1.81 bits per heavy atom. The monoisotopic (exact) mass is 350 g/mol. The van der Waals surface area contributed by atoms with Crippen LogP contribution in [0.5, 0.6) is 5.75 Å². The molecule has 0 N–H and O–H groups in total. The Bertz CT molecular complexity index is 971. The zero-order valence-corrected chi connectivity index (χ0v) is 15.1. The van der Waals surface area contributed by atoms with Crippen molar-refractivity contribution >= 4 is 16.9 Å². The van der Waals surface area contributed by atoms with Crippen molar-refractivity contribution in [3.8, 4) is 16.9 Å². The van der Waals surface area contributed by atoms with Crippen LogP contribution in [-0.4, -0.2) is 5.97 Å². The fourth-order valence-electron chi connectivity index (χ4n) is 2.97. The van der Waals surface area contributed by atoms with Crippen molar-refractivity contribution in [2.75, 3.05) is 0 Å². The molecule has 3 aromatic rings. The predicted octanol–water partition coefficient (Wildman–Crippen LogP) is 5.12. The van der Waals surface area contributed by atoms with Crippen molar-refractivity contribution in [2.24, 2.45) is 0 Å². The second kappa shape index (κ2) is 8.00. The lowest BCUT2D eigenvalue weighted by Gasteiger charge is -2.11. The Kier molecular flexibility index (Phi) is 5.52. The van der Waals surface area contributed by atoms with Crippen LogP contribution in [0.2, 0.25) is 0 Å². The maximum atomic E-state index is 13.1. The number of rotatable bonds is 6. The summed E-state index contributed by atoms with van der Waals surface area (Å²) in [7, 11) is 0. The Labute approximate surface area is 152 Å². The van der Waals surface area contributed by atoms with Gasteiger partial charge in [-0.3, -0.25) is 9.59 Å². The van der Waals surface area contributed by atoms with E-state index in [2.05, 4.69) is 0 Å². The largest absolute Gasteiger partial charge is 0.460 e. The summed E-state index contributed by atoms with van der Waals surface area (Å²) in [5.41, 5.74) is 1.84. The number of esters is 1. The van der Waals surface area contributed by atoms with E-state index in [0.29, 0.717) is 40.9 Å². The van der Waals surface area contributed by atoms with E-state index in [9.17, 15) is 9.59 Å². The van der Waals surface area contributed by atoms with Crippen LogP contribution in [0.1, 0.15) is 38.9 Å². The third kappa shape index (κ3) is 3.69. The average Bonchev–Trinajstić information content (AvgIpc) is 2.63. The van der Waals surface area contributed by atoms with Crippen LogP contribution in [0.4, 0.5) is 0 Å². The summed E-state index contributed by atoms with van der Waals surface area (Å²) >= 11 is 0. The molecule has 26 heavy (non-hydrogen) atoms. The molecule has 0 bridgehead atoms. The van der Waals surface area contributed by atoms with Gasteiger partial charge in [-0.15, -0.1) is 0 Å². The Balaban J connectivity index is 2.13. The van der Waals surface area contributed by atoms with Crippen molar-refractivity contribution in [3.05, 3.63) is 64.5 Å². The molecule has 0 fully saturated rings. The van der Waals surface area contributed by atoms with E-state index in [4.69, 9.17) is 9.15 Å². The van der Waals surface area contributed by atoms with Gasteiger partial charge in [-0.2, -0.15) is 0 Å². The number of aryl methyl sites for hydroxylation is 1. The van der Waals surface area contributed by atoms with Gasteiger partial charge in [-0.05, 0) is 30.5 Å². The summed E-state index contributed by atoms with van der Waals surface area (Å²) in [4.78, 5) is 24.8. The lowest BCUT2D eigenvalue weighted by atomic mass is 10.00. The van der Waals surface area contributed by atoms with Gasteiger partial charge in [-0.25, -0.2) is 0 Å². The number of hydrogen-bond acceptors (Lipinski definition) is 4. The molecule has 0 atom stereocenters. The van der Waals surface area contributed by atoms with Gasteiger partial charge in [0, 0.05) is 18.9 Å². The molecule has 0 radical (unpaired) electrons. The highest BCUT2D eigenvalue weighted by molar-refractivity contribution is 5.84. The zero-order chi connectivity index (χ0) is 18.5. The molecule has 0 aliphatic rings. The Morgan fingerprint density at radius 3 is 2.50 bits per heavy atom. The molecule has 3 rings (SSSR count). The summed E-state index contributed by atoms with van der Waals surface area (Å²) in [6.45, 7) is 3.96. The van der Waals surface area contributed by atoms with E-state index in [0.717, 1.165) is 18.4 Å². The third-order valence-corrected chi connectivity index (χ3v) is 4.16. The number of benzene rings is 2. The van der Waals surface area contributed by atoms with Crippen LogP contribution in [0.25, 0.3) is 22.1 Å². The van der Waals surface area contributed by atoms with Crippen LogP contribution in [-0.2, 0) is 11.2 Å². The number of carbonyl (C=O) groups is 1. The van der Waals surface area contributed by atoms with Crippen molar-refractivity contribution in [2.45, 2.75) is 39.5 Å². The molecule has 0 unspecified atom stereocenters. The summed E-state index contributed by atoms with van der Waals surface area (Å²) in [5.74, 6) is 0.770. The van der Waals surface area contributed by atoms with Gasteiger partial charge in [0.2, 0.25) is 5.43 Å². The highest BCUT2D eigenvalue weighted by Crippen LogP contribution is 2.27. The molecule has 4 heteroatoms. The summed E-state index contributed by atoms with van der Waals surface area (Å²) < 4.78 is 11.4. The van der Waals surface area contributed by atoms with Gasteiger partial charge in [0.15, 0.2) is 0 Å². The average molecular weight is 350 g/mol. The SMILES string of the molecule is CCCC(=O)Oc1ccc2c(=O)c(-c3ccccc3)c(CCC)oc2c1. The first-order valence-electron chi connectivity index (χ1n) is 8.99. The Morgan fingerprint density at radius 1 is 1.04 bits per heavy atom. The minimum Gasteiger partial charge on any atom is -0.460 e. The quantitative estimate of drug-likeness (QED) is 0.457. The second-order valence-corrected chi connectivity index (χ2v) is 6.23. The number of hydrogen-bond donors (Lipinski definition) is 0. The maximum Gasteiger partial charge on any atom is 0.311 e. The molecule has 0 spiro atoms. The zero-order valence-electron chi connectivity index (χ0n) is 15.1. The van der Waals surface area contributed by atoms with Crippen molar-refractivity contribution in [1.82, 2.24) is 0 Å². The lowest BCUT2D eigenvalue weighted by Crippen LogP contribution is -2.10. The molecule has 0 aliphatic heterocycles. The minimum absolute atomic E-state index is 0.0627. The fourth-order valence-corrected chi connectivity index (χ4v) is 2.97. The molecule has 0 saturated carbocycles.